The second-order valence-electron chi connectivity index (χ2n) is 3.94. The largest absolute Gasteiger partial charge is 0.375 e. The van der Waals surface area contributed by atoms with E-state index in [2.05, 4.69) is 20.5 Å². The minimum Gasteiger partial charge on any atom is -0.375 e. The van der Waals surface area contributed by atoms with Crippen molar-refractivity contribution in [3.8, 4) is 5.69 Å². The Kier molecular flexibility index (Phi) is 3.13. The Morgan fingerprint density at radius 1 is 1.30 bits per heavy atom. The van der Waals surface area contributed by atoms with Crippen molar-refractivity contribution < 1.29 is 4.79 Å². The number of nitrogens with one attached hydrogen (secondary N) is 1. The lowest BCUT2D eigenvalue weighted by Crippen LogP contribution is -2.12. The molecular formula is C12H10N6OS. The van der Waals surface area contributed by atoms with Crippen molar-refractivity contribution in [3.63, 3.8) is 0 Å². The summed E-state index contributed by atoms with van der Waals surface area (Å²) in [4.78, 5) is 15.9. The first kappa shape index (κ1) is 12.3. The lowest BCUT2D eigenvalue weighted by molar-refractivity contribution is 0.102. The second kappa shape index (κ2) is 5.10. The van der Waals surface area contributed by atoms with Crippen molar-refractivity contribution in [1.82, 2.24) is 19.7 Å². The highest BCUT2D eigenvalue weighted by Gasteiger charge is 2.10. The lowest BCUT2D eigenvalue weighted by atomic mass is 10.2. The van der Waals surface area contributed by atoms with Crippen LogP contribution >= 0.6 is 11.3 Å². The van der Waals surface area contributed by atoms with Crippen LogP contribution in [0.3, 0.4) is 0 Å². The van der Waals surface area contributed by atoms with Gasteiger partial charge in [-0.3, -0.25) is 9.36 Å². The number of anilines is 2. The number of amides is 1. The molecule has 3 rings (SSSR count). The van der Waals surface area contributed by atoms with Gasteiger partial charge in [0.1, 0.15) is 18.3 Å². The Morgan fingerprint density at radius 2 is 2.10 bits per heavy atom. The quantitative estimate of drug-likeness (QED) is 0.761. The van der Waals surface area contributed by atoms with Crippen LogP contribution < -0.4 is 11.1 Å². The minimum absolute atomic E-state index is 0.293. The summed E-state index contributed by atoms with van der Waals surface area (Å²) in [6, 6.07) is 7.33. The number of hydrogen-bond acceptors (Lipinski definition) is 6. The fourth-order valence-electron chi connectivity index (χ4n) is 1.67. The van der Waals surface area contributed by atoms with Crippen LogP contribution in [-0.2, 0) is 0 Å². The molecule has 8 heteroatoms. The average Bonchev–Trinajstić information content (AvgIpc) is 3.10. The third kappa shape index (κ3) is 2.50. The summed E-state index contributed by atoms with van der Waals surface area (Å²) in [5.74, 6) is -0.293. The van der Waals surface area contributed by atoms with Gasteiger partial charge in [-0.25, -0.2) is 4.98 Å². The van der Waals surface area contributed by atoms with Gasteiger partial charge in [-0.15, -0.1) is 21.5 Å². The van der Waals surface area contributed by atoms with Crippen LogP contribution in [-0.4, -0.2) is 25.7 Å². The number of carbonyl (C=O) groups excluding carboxylic acids is 1. The highest BCUT2D eigenvalue weighted by atomic mass is 32.1. The highest BCUT2D eigenvalue weighted by Crippen LogP contribution is 2.16. The molecule has 1 amide bonds. The number of nitrogen functional groups attached to an aromatic ring is 1. The molecule has 2 aromatic heterocycles. The molecule has 3 N–H and O–H groups in total. The monoisotopic (exact) mass is 286 g/mol. The highest BCUT2D eigenvalue weighted by molar-refractivity contribution is 7.13. The fraction of sp³-hybridized carbons (Fsp3) is 0. The van der Waals surface area contributed by atoms with Crippen LogP contribution in [0.1, 0.15) is 10.5 Å². The van der Waals surface area contributed by atoms with Gasteiger partial charge in [0, 0.05) is 11.1 Å². The van der Waals surface area contributed by atoms with Crippen LogP contribution in [0.25, 0.3) is 5.69 Å². The molecule has 0 bridgehead atoms. The average molecular weight is 286 g/mol. The zero-order valence-corrected chi connectivity index (χ0v) is 11.0. The van der Waals surface area contributed by atoms with E-state index < -0.39 is 0 Å². The van der Waals surface area contributed by atoms with Gasteiger partial charge in [0.15, 0.2) is 5.13 Å². The Bertz CT molecular complexity index is 736. The summed E-state index contributed by atoms with van der Waals surface area (Å²) in [7, 11) is 0. The normalized spacial score (nSPS) is 10.4. The standard InChI is InChI=1S/C12H10N6OS/c13-12-17-10(5-20-12)11(19)16-8-2-1-3-9(4-8)18-6-14-15-7-18/h1-7H,(H2,13,17)(H,16,19). The van der Waals surface area contributed by atoms with Gasteiger partial charge in [0.2, 0.25) is 0 Å². The molecule has 0 unspecified atom stereocenters. The first-order chi connectivity index (χ1) is 9.72. The summed E-state index contributed by atoms with van der Waals surface area (Å²) in [6.45, 7) is 0. The lowest BCUT2D eigenvalue weighted by Gasteiger charge is -2.06. The van der Waals surface area contributed by atoms with Gasteiger partial charge in [0.25, 0.3) is 5.91 Å². The number of hydrogen-bond donors (Lipinski definition) is 2. The molecular weight excluding hydrogens is 276 g/mol. The predicted octanol–water partition coefficient (Wildman–Crippen LogP) is 1.56. The van der Waals surface area contributed by atoms with Crippen molar-refractivity contribution in [2.75, 3.05) is 11.1 Å². The van der Waals surface area contributed by atoms with Crippen molar-refractivity contribution in [1.29, 1.82) is 0 Å². The maximum Gasteiger partial charge on any atom is 0.275 e. The van der Waals surface area contributed by atoms with Crippen LogP contribution in [0.2, 0.25) is 0 Å². The van der Waals surface area contributed by atoms with Crippen molar-refractivity contribution in [3.05, 3.63) is 48.0 Å². The molecule has 0 radical (unpaired) electrons. The number of benzene rings is 1. The van der Waals surface area contributed by atoms with E-state index in [0.29, 0.717) is 16.5 Å². The van der Waals surface area contributed by atoms with Gasteiger partial charge >= 0.3 is 0 Å². The van der Waals surface area contributed by atoms with Crippen LogP contribution in [0, 0.1) is 0 Å². The maximum absolute atomic E-state index is 12.0. The summed E-state index contributed by atoms with van der Waals surface area (Å²) in [6.07, 6.45) is 3.17. The summed E-state index contributed by atoms with van der Waals surface area (Å²) >= 11 is 1.23. The zero-order chi connectivity index (χ0) is 13.9. The minimum atomic E-state index is -0.293. The number of carbonyl (C=O) groups is 1. The van der Waals surface area contributed by atoms with E-state index in [1.807, 2.05) is 18.2 Å². The molecule has 7 nitrogen and oxygen atoms in total. The van der Waals surface area contributed by atoms with Crippen molar-refractivity contribution in [2.24, 2.45) is 0 Å². The molecule has 0 aliphatic rings. The Balaban J connectivity index is 1.81. The molecule has 100 valence electrons. The molecule has 0 spiro atoms. The van der Waals surface area contributed by atoms with Gasteiger partial charge in [0.05, 0.1) is 5.69 Å². The van der Waals surface area contributed by atoms with Crippen LogP contribution in [0.4, 0.5) is 10.8 Å². The third-order valence-corrected chi connectivity index (χ3v) is 3.25. The van der Waals surface area contributed by atoms with E-state index in [1.54, 1.807) is 28.7 Å². The Labute approximate surface area is 118 Å². The number of rotatable bonds is 3. The summed E-state index contributed by atoms with van der Waals surface area (Å²) in [5, 5.41) is 12.2. The molecule has 0 fully saturated rings. The predicted molar refractivity (Wildman–Crippen MR) is 75.8 cm³/mol. The molecule has 0 atom stereocenters. The second-order valence-corrected chi connectivity index (χ2v) is 4.83. The first-order valence-electron chi connectivity index (χ1n) is 5.70. The first-order valence-corrected chi connectivity index (χ1v) is 6.58. The molecule has 3 aromatic rings. The molecule has 0 saturated heterocycles. The van der Waals surface area contributed by atoms with Gasteiger partial charge in [-0.2, -0.15) is 0 Å². The maximum atomic E-state index is 12.0. The number of nitrogens with two attached hydrogens (primary N) is 1. The topological polar surface area (TPSA) is 98.7 Å². The van der Waals surface area contributed by atoms with Gasteiger partial charge in [-0.05, 0) is 18.2 Å². The third-order valence-electron chi connectivity index (χ3n) is 2.58. The van der Waals surface area contributed by atoms with Crippen LogP contribution in [0.15, 0.2) is 42.3 Å². The molecule has 0 aliphatic heterocycles. The Hall–Kier alpha value is -2.74. The smallest absolute Gasteiger partial charge is 0.275 e. The summed E-state index contributed by atoms with van der Waals surface area (Å²) in [5.41, 5.74) is 7.33. The van der Waals surface area contributed by atoms with E-state index in [9.17, 15) is 4.79 Å². The van der Waals surface area contributed by atoms with Gasteiger partial charge in [-0.1, -0.05) is 6.07 Å². The van der Waals surface area contributed by atoms with Crippen molar-refractivity contribution >= 4 is 28.1 Å². The molecule has 20 heavy (non-hydrogen) atoms. The molecule has 0 aliphatic carbocycles. The van der Waals surface area contributed by atoms with E-state index in [-0.39, 0.29) is 5.91 Å². The summed E-state index contributed by atoms with van der Waals surface area (Å²) < 4.78 is 1.75. The van der Waals surface area contributed by atoms with E-state index in [1.165, 1.54) is 11.3 Å². The van der Waals surface area contributed by atoms with Crippen LogP contribution in [0.5, 0.6) is 0 Å². The molecule has 0 saturated carbocycles. The SMILES string of the molecule is Nc1nc(C(=O)Nc2cccc(-n3cnnc3)c2)cs1. The number of thiazole rings is 1. The number of aromatic nitrogens is 4. The van der Waals surface area contributed by atoms with E-state index in [4.69, 9.17) is 5.73 Å². The van der Waals surface area contributed by atoms with Gasteiger partial charge < -0.3 is 11.1 Å². The fourth-order valence-corrected chi connectivity index (χ4v) is 2.21. The molecule has 2 heterocycles. The van der Waals surface area contributed by atoms with Crippen molar-refractivity contribution in [2.45, 2.75) is 0 Å². The Morgan fingerprint density at radius 3 is 2.80 bits per heavy atom. The zero-order valence-electron chi connectivity index (χ0n) is 10.2. The van der Waals surface area contributed by atoms with E-state index in [0.717, 1.165) is 5.69 Å². The molecule has 1 aromatic carbocycles. The number of nitrogens with zero attached hydrogens (tertiary/aromatic N) is 4. The van der Waals surface area contributed by atoms with E-state index >= 15 is 0 Å².